The molecular weight excluding hydrogens is 308 g/mol. The van der Waals surface area contributed by atoms with Gasteiger partial charge in [-0.15, -0.1) is 0 Å². The molecule has 3 nitrogen and oxygen atoms in total. The number of pyridine rings is 1. The van der Waals surface area contributed by atoms with Crippen molar-refractivity contribution in [1.82, 2.24) is 10.3 Å². The number of nitrogens with zero attached hydrogens (tertiary/aromatic N) is 1. The molecule has 0 saturated heterocycles. The minimum Gasteiger partial charge on any atom is -0.351 e. The maximum absolute atomic E-state index is 12.6. The van der Waals surface area contributed by atoms with Crippen molar-refractivity contribution in [3.63, 3.8) is 0 Å². The highest BCUT2D eigenvalue weighted by Gasteiger charge is 2.50. The largest absolute Gasteiger partial charge is 0.351 e. The van der Waals surface area contributed by atoms with Crippen LogP contribution in [-0.2, 0) is 0 Å². The standard InChI is InChI=1S/C19H23ClN2O/c1-2-15-6-16(17(20)10-21-15)18(23)22-11-19-7-12-3-13(8-19)5-14(4-12)9-19/h2,6,10,12-14H,1,3-5,7-9,11H2,(H,22,23). The summed E-state index contributed by atoms with van der Waals surface area (Å²) < 4.78 is 0. The number of nitrogens with one attached hydrogen (secondary N) is 1. The van der Waals surface area contributed by atoms with Crippen molar-refractivity contribution in [3.8, 4) is 0 Å². The number of carbonyl (C=O) groups excluding carboxylic acids is 1. The van der Waals surface area contributed by atoms with Crippen LogP contribution < -0.4 is 5.32 Å². The molecule has 4 aliphatic carbocycles. The first-order valence-corrected chi connectivity index (χ1v) is 9.01. The average Bonchev–Trinajstić information content (AvgIpc) is 2.52. The van der Waals surface area contributed by atoms with E-state index in [0.717, 1.165) is 24.3 Å². The molecular formula is C19H23ClN2O. The molecule has 4 aliphatic rings. The number of halogens is 1. The van der Waals surface area contributed by atoms with Gasteiger partial charge in [-0.3, -0.25) is 9.78 Å². The van der Waals surface area contributed by atoms with Crippen LogP contribution in [0.15, 0.2) is 18.8 Å². The lowest BCUT2D eigenvalue weighted by atomic mass is 9.49. The van der Waals surface area contributed by atoms with E-state index in [2.05, 4.69) is 16.9 Å². The van der Waals surface area contributed by atoms with Gasteiger partial charge in [0.25, 0.3) is 5.91 Å². The molecule has 1 N–H and O–H groups in total. The molecule has 5 rings (SSSR count). The van der Waals surface area contributed by atoms with E-state index in [4.69, 9.17) is 11.6 Å². The molecule has 0 radical (unpaired) electrons. The van der Waals surface area contributed by atoms with Crippen LogP contribution in [0.3, 0.4) is 0 Å². The molecule has 4 heteroatoms. The Labute approximate surface area is 142 Å². The van der Waals surface area contributed by atoms with Crippen molar-refractivity contribution in [2.45, 2.75) is 38.5 Å². The summed E-state index contributed by atoms with van der Waals surface area (Å²) in [6, 6.07) is 1.71. The van der Waals surface area contributed by atoms with Crippen molar-refractivity contribution in [3.05, 3.63) is 35.1 Å². The van der Waals surface area contributed by atoms with Gasteiger partial charge in [-0.25, -0.2) is 0 Å². The zero-order valence-electron chi connectivity index (χ0n) is 13.4. The second-order valence-electron chi connectivity index (χ2n) is 7.89. The summed E-state index contributed by atoms with van der Waals surface area (Å²) in [5.74, 6) is 2.61. The van der Waals surface area contributed by atoms with E-state index in [1.165, 1.54) is 44.7 Å². The summed E-state index contributed by atoms with van der Waals surface area (Å²) in [5.41, 5.74) is 1.52. The van der Waals surface area contributed by atoms with Crippen LogP contribution in [0.5, 0.6) is 0 Å². The maximum Gasteiger partial charge on any atom is 0.252 e. The van der Waals surface area contributed by atoms with E-state index in [1.54, 1.807) is 12.1 Å². The van der Waals surface area contributed by atoms with Gasteiger partial charge in [0, 0.05) is 12.7 Å². The van der Waals surface area contributed by atoms with Gasteiger partial charge in [-0.1, -0.05) is 18.2 Å². The molecule has 0 aliphatic heterocycles. The van der Waals surface area contributed by atoms with Crippen molar-refractivity contribution in [2.24, 2.45) is 23.2 Å². The van der Waals surface area contributed by atoms with Crippen LogP contribution in [0.2, 0.25) is 5.02 Å². The summed E-state index contributed by atoms with van der Waals surface area (Å²) >= 11 is 6.15. The first-order chi connectivity index (χ1) is 11.1. The Hall–Kier alpha value is -1.35. The second kappa shape index (κ2) is 5.62. The smallest absolute Gasteiger partial charge is 0.252 e. The maximum atomic E-state index is 12.6. The third-order valence-electron chi connectivity index (χ3n) is 6.12. The van der Waals surface area contributed by atoms with E-state index in [1.807, 2.05) is 0 Å². The molecule has 0 aromatic carbocycles. The van der Waals surface area contributed by atoms with Crippen LogP contribution in [0.4, 0.5) is 0 Å². The van der Waals surface area contributed by atoms with Gasteiger partial charge in [0.1, 0.15) is 0 Å². The summed E-state index contributed by atoms with van der Waals surface area (Å²) in [5, 5.41) is 3.56. The highest BCUT2D eigenvalue weighted by molar-refractivity contribution is 6.33. The molecule has 0 spiro atoms. The van der Waals surface area contributed by atoms with Crippen molar-refractivity contribution in [1.29, 1.82) is 0 Å². The summed E-state index contributed by atoms with van der Waals surface area (Å²) in [4.78, 5) is 16.7. The summed E-state index contributed by atoms with van der Waals surface area (Å²) in [6.45, 7) is 4.49. The molecule has 23 heavy (non-hydrogen) atoms. The molecule has 1 aromatic rings. The molecule has 0 atom stereocenters. The van der Waals surface area contributed by atoms with Gasteiger partial charge in [0.05, 0.1) is 16.3 Å². The molecule has 4 fully saturated rings. The quantitative estimate of drug-likeness (QED) is 0.893. The third kappa shape index (κ3) is 2.80. The van der Waals surface area contributed by atoms with Crippen molar-refractivity contribution >= 4 is 23.6 Å². The van der Waals surface area contributed by atoms with Gasteiger partial charge >= 0.3 is 0 Å². The number of hydrogen-bond donors (Lipinski definition) is 1. The number of rotatable bonds is 4. The second-order valence-corrected chi connectivity index (χ2v) is 8.30. The van der Waals surface area contributed by atoms with Crippen molar-refractivity contribution < 1.29 is 4.79 Å². The van der Waals surface area contributed by atoms with Crippen LogP contribution in [0, 0.1) is 23.2 Å². The minimum atomic E-state index is -0.0868. The molecule has 4 bridgehead atoms. The van der Waals surface area contributed by atoms with Gasteiger partial charge < -0.3 is 5.32 Å². The zero-order valence-corrected chi connectivity index (χ0v) is 14.1. The van der Waals surface area contributed by atoms with E-state index < -0.39 is 0 Å². The Balaban J connectivity index is 1.47. The summed E-state index contributed by atoms with van der Waals surface area (Å²) in [6.07, 6.45) is 11.3. The monoisotopic (exact) mass is 330 g/mol. The Morgan fingerprint density at radius 1 is 1.30 bits per heavy atom. The molecule has 1 heterocycles. The number of aromatic nitrogens is 1. The van der Waals surface area contributed by atoms with Gasteiger partial charge in [0.2, 0.25) is 0 Å². The molecule has 1 amide bonds. The highest BCUT2D eigenvalue weighted by Crippen LogP contribution is 2.59. The topological polar surface area (TPSA) is 42.0 Å². The lowest BCUT2D eigenvalue weighted by Crippen LogP contribution is -2.51. The first kappa shape index (κ1) is 15.2. The molecule has 0 unspecified atom stereocenters. The third-order valence-corrected chi connectivity index (χ3v) is 6.42. The molecule has 122 valence electrons. The summed E-state index contributed by atoms with van der Waals surface area (Å²) in [7, 11) is 0. The Morgan fingerprint density at radius 2 is 1.91 bits per heavy atom. The average molecular weight is 331 g/mol. The van der Waals surface area contributed by atoms with E-state index >= 15 is 0 Å². The highest BCUT2D eigenvalue weighted by atomic mass is 35.5. The number of amides is 1. The Morgan fingerprint density at radius 3 is 2.48 bits per heavy atom. The fourth-order valence-corrected chi connectivity index (χ4v) is 5.80. The fraction of sp³-hybridized carbons (Fsp3) is 0.579. The van der Waals surface area contributed by atoms with Crippen LogP contribution in [0.25, 0.3) is 6.08 Å². The van der Waals surface area contributed by atoms with Crippen LogP contribution >= 0.6 is 11.6 Å². The van der Waals surface area contributed by atoms with Gasteiger partial charge in [-0.05, 0) is 73.8 Å². The van der Waals surface area contributed by atoms with Gasteiger partial charge in [-0.2, -0.15) is 0 Å². The van der Waals surface area contributed by atoms with E-state index in [0.29, 0.717) is 21.7 Å². The predicted octanol–water partition coefficient (Wildman–Crippen LogP) is 4.32. The predicted molar refractivity (Wildman–Crippen MR) is 92.3 cm³/mol. The molecule has 4 saturated carbocycles. The first-order valence-electron chi connectivity index (χ1n) is 8.63. The van der Waals surface area contributed by atoms with E-state index in [-0.39, 0.29) is 5.91 Å². The number of carbonyl (C=O) groups is 1. The molecule has 1 aromatic heterocycles. The Kier molecular flexibility index (Phi) is 3.72. The zero-order chi connectivity index (χ0) is 16.0. The van der Waals surface area contributed by atoms with Gasteiger partial charge in [0.15, 0.2) is 0 Å². The lowest BCUT2D eigenvalue weighted by Gasteiger charge is -2.56. The Bertz CT molecular complexity index is 619. The number of hydrogen-bond acceptors (Lipinski definition) is 2. The fourth-order valence-electron chi connectivity index (χ4n) is 5.61. The van der Waals surface area contributed by atoms with Crippen LogP contribution in [-0.4, -0.2) is 17.4 Å². The van der Waals surface area contributed by atoms with E-state index in [9.17, 15) is 4.79 Å². The SMILES string of the molecule is C=Cc1cc(C(=O)NCC23CC4CC(CC(C4)C2)C3)c(Cl)cn1. The minimum absolute atomic E-state index is 0.0868. The normalized spacial score (nSPS) is 34.4. The van der Waals surface area contributed by atoms with Crippen LogP contribution in [0.1, 0.15) is 54.6 Å². The lowest BCUT2D eigenvalue weighted by molar-refractivity contribution is -0.0503. The van der Waals surface area contributed by atoms with Crippen molar-refractivity contribution in [2.75, 3.05) is 6.54 Å².